The Morgan fingerprint density at radius 1 is 1.11 bits per heavy atom. The smallest absolute Gasteiger partial charge is 0.274 e. The van der Waals surface area contributed by atoms with Crippen molar-refractivity contribution in [2.24, 2.45) is 0 Å². The van der Waals surface area contributed by atoms with E-state index in [0.717, 1.165) is 30.3 Å². The number of aromatic amines is 1. The zero-order valence-electron chi connectivity index (χ0n) is 14.6. The molecule has 0 radical (unpaired) electrons. The zero-order chi connectivity index (χ0) is 19.0. The molecule has 1 fully saturated rings. The summed E-state index contributed by atoms with van der Waals surface area (Å²) >= 11 is 5.74. The average molecular weight is 392 g/mol. The molecule has 2 aromatic rings. The lowest BCUT2D eigenvalue weighted by atomic mass is 10.1. The third-order valence-corrected chi connectivity index (χ3v) is 5.26. The maximum absolute atomic E-state index is 14.0. The van der Waals surface area contributed by atoms with Gasteiger partial charge in [0.2, 0.25) is 0 Å². The van der Waals surface area contributed by atoms with E-state index in [2.05, 4.69) is 15.5 Å². The van der Waals surface area contributed by atoms with E-state index in [4.69, 9.17) is 11.6 Å². The van der Waals surface area contributed by atoms with Crippen LogP contribution in [0.2, 0.25) is 5.02 Å². The van der Waals surface area contributed by atoms with Crippen molar-refractivity contribution in [3.63, 3.8) is 0 Å². The second-order valence-electron chi connectivity index (χ2n) is 6.66. The fraction of sp³-hybridized carbons (Fsp3) is 0.389. The predicted octanol–water partition coefficient (Wildman–Crippen LogP) is 1.45. The molecule has 2 N–H and O–H groups in total. The summed E-state index contributed by atoms with van der Waals surface area (Å²) in [6.07, 6.45) is 0.824. The fourth-order valence-electron chi connectivity index (χ4n) is 3.50. The standard InChI is InChI=1S/C18H19ClFN5O2/c19-11-1-2-12(14(20)9-11)17(26)24-5-7-25(8-6-24)18(27)16-13-10-21-4-3-15(13)22-23-16/h1-2,9,21H,3-8,10H2,(H,22,23). The van der Waals surface area contributed by atoms with Crippen LogP contribution in [-0.2, 0) is 13.0 Å². The summed E-state index contributed by atoms with van der Waals surface area (Å²) in [7, 11) is 0. The maximum Gasteiger partial charge on any atom is 0.274 e. The molecule has 7 nitrogen and oxygen atoms in total. The van der Waals surface area contributed by atoms with Crippen molar-refractivity contribution in [1.82, 2.24) is 25.3 Å². The maximum atomic E-state index is 14.0. The number of halogens is 2. The normalized spacial score (nSPS) is 17.0. The molecule has 9 heteroatoms. The number of piperazine rings is 1. The monoisotopic (exact) mass is 391 g/mol. The van der Waals surface area contributed by atoms with Crippen LogP contribution in [-0.4, -0.2) is 64.5 Å². The van der Waals surface area contributed by atoms with Crippen LogP contribution < -0.4 is 5.32 Å². The molecule has 0 atom stereocenters. The summed E-state index contributed by atoms with van der Waals surface area (Å²) in [5, 5.41) is 10.6. The van der Waals surface area contributed by atoms with Crippen LogP contribution in [0.15, 0.2) is 18.2 Å². The Bertz CT molecular complexity index is 892. The first-order valence-corrected chi connectivity index (χ1v) is 9.23. The molecule has 0 aliphatic carbocycles. The molecule has 0 saturated carbocycles. The van der Waals surface area contributed by atoms with Gasteiger partial charge in [-0.1, -0.05) is 11.6 Å². The van der Waals surface area contributed by atoms with E-state index >= 15 is 0 Å². The van der Waals surface area contributed by atoms with E-state index in [-0.39, 0.29) is 16.5 Å². The largest absolute Gasteiger partial charge is 0.335 e. The number of benzene rings is 1. The van der Waals surface area contributed by atoms with Crippen LogP contribution in [0.5, 0.6) is 0 Å². The minimum atomic E-state index is -0.637. The van der Waals surface area contributed by atoms with Crippen molar-refractivity contribution in [1.29, 1.82) is 0 Å². The van der Waals surface area contributed by atoms with Crippen LogP contribution in [0, 0.1) is 5.82 Å². The minimum Gasteiger partial charge on any atom is -0.335 e. The number of H-pyrrole nitrogens is 1. The lowest BCUT2D eigenvalue weighted by Crippen LogP contribution is -2.51. The van der Waals surface area contributed by atoms with Gasteiger partial charge in [0, 0.05) is 62.0 Å². The van der Waals surface area contributed by atoms with Gasteiger partial charge in [-0.25, -0.2) is 4.39 Å². The first-order chi connectivity index (χ1) is 13.0. The van der Waals surface area contributed by atoms with Crippen LogP contribution in [0.4, 0.5) is 4.39 Å². The molecule has 2 amide bonds. The number of carbonyl (C=O) groups excluding carboxylic acids is 2. The van der Waals surface area contributed by atoms with E-state index in [1.807, 2.05) is 0 Å². The topological polar surface area (TPSA) is 81.3 Å². The van der Waals surface area contributed by atoms with Crippen LogP contribution >= 0.6 is 11.6 Å². The number of nitrogens with one attached hydrogen (secondary N) is 2. The lowest BCUT2D eigenvalue weighted by Gasteiger charge is -2.34. The summed E-state index contributed by atoms with van der Waals surface area (Å²) in [5.74, 6) is -1.17. The van der Waals surface area contributed by atoms with Gasteiger partial charge in [0.25, 0.3) is 11.8 Å². The molecular formula is C18H19ClFN5O2. The zero-order valence-corrected chi connectivity index (χ0v) is 15.4. The number of carbonyl (C=O) groups is 2. The summed E-state index contributed by atoms with van der Waals surface area (Å²) in [5.41, 5.74) is 2.37. The molecular weight excluding hydrogens is 373 g/mol. The summed E-state index contributed by atoms with van der Waals surface area (Å²) in [6, 6.07) is 4.01. The van der Waals surface area contributed by atoms with Crippen LogP contribution in [0.25, 0.3) is 0 Å². The molecule has 0 bridgehead atoms. The molecule has 0 unspecified atom stereocenters. The SMILES string of the molecule is O=C(c1ccc(Cl)cc1F)N1CCN(C(=O)c2n[nH]c3c2CNCC3)CC1. The van der Waals surface area contributed by atoms with E-state index in [9.17, 15) is 14.0 Å². The minimum absolute atomic E-state index is 0.00776. The molecule has 1 aromatic heterocycles. The molecule has 1 saturated heterocycles. The Kier molecular flexibility index (Phi) is 4.84. The third-order valence-electron chi connectivity index (χ3n) is 5.02. The molecule has 2 aliphatic heterocycles. The number of nitrogens with zero attached hydrogens (tertiary/aromatic N) is 3. The molecule has 27 heavy (non-hydrogen) atoms. The van der Waals surface area contributed by atoms with Crippen molar-refractivity contribution in [3.8, 4) is 0 Å². The Hall–Kier alpha value is -2.45. The van der Waals surface area contributed by atoms with Gasteiger partial charge in [0.15, 0.2) is 5.69 Å². The molecule has 1 aromatic carbocycles. The van der Waals surface area contributed by atoms with E-state index in [0.29, 0.717) is 38.4 Å². The highest BCUT2D eigenvalue weighted by Crippen LogP contribution is 2.20. The van der Waals surface area contributed by atoms with Crippen molar-refractivity contribution in [2.45, 2.75) is 13.0 Å². The molecule has 142 valence electrons. The van der Waals surface area contributed by atoms with E-state index in [1.165, 1.54) is 12.1 Å². The van der Waals surface area contributed by atoms with E-state index in [1.54, 1.807) is 9.80 Å². The van der Waals surface area contributed by atoms with Crippen molar-refractivity contribution in [3.05, 3.63) is 51.6 Å². The van der Waals surface area contributed by atoms with Gasteiger partial charge in [-0.3, -0.25) is 14.7 Å². The van der Waals surface area contributed by atoms with Gasteiger partial charge in [-0.2, -0.15) is 5.10 Å². The quantitative estimate of drug-likeness (QED) is 0.811. The molecule has 4 rings (SSSR count). The fourth-order valence-corrected chi connectivity index (χ4v) is 3.66. The third kappa shape index (κ3) is 3.42. The number of rotatable bonds is 2. The van der Waals surface area contributed by atoms with Gasteiger partial charge in [-0.05, 0) is 18.2 Å². The van der Waals surface area contributed by atoms with Crippen molar-refractivity contribution >= 4 is 23.4 Å². The first kappa shape index (κ1) is 17.9. The second kappa shape index (κ2) is 7.28. The number of fused-ring (bicyclic) bond motifs is 1. The van der Waals surface area contributed by atoms with Gasteiger partial charge in [-0.15, -0.1) is 0 Å². The molecule has 2 aliphatic rings. The van der Waals surface area contributed by atoms with Gasteiger partial charge >= 0.3 is 0 Å². The lowest BCUT2D eigenvalue weighted by molar-refractivity contribution is 0.0529. The number of hydrogen-bond donors (Lipinski definition) is 2. The van der Waals surface area contributed by atoms with Gasteiger partial charge < -0.3 is 15.1 Å². The highest BCUT2D eigenvalue weighted by molar-refractivity contribution is 6.30. The average Bonchev–Trinajstić information content (AvgIpc) is 3.11. The highest BCUT2D eigenvalue weighted by atomic mass is 35.5. The Morgan fingerprint density at radius 2 is 1.81 bits per heavy atom. The first-order valence-electron chi connectivity index (χ1n) is 8.85. The van der Waals surface area contributed by atoms with E-state index < -0.39 is 11.7 Å². The summed E-state index contributed by atoms with van der Waals surface area (Å²) in [4.78, 5) is 28.6. The molecule has 0 spiro atoms. The predicted molar refractivity (Wildman–Crippen MR) is 97.2 cm³/mol. The van der Waals surface area contributed by atoms with Crippen LogP contribution in [0.3, 0.4) is 0 Å². The summed E-state index contributed by atoms with van der Waals surface area (Å²) < 4.78 is 14.0. The Morgan fingerprint density at radius 3 is 2.52 bits per heavy atom. The second-order valence-corrected chi connectivity index (χ2v) is 7.10. The summed E-state index contributed by atoms with van der Waals surface area (Å²) in [6.45, 7) is 2.95. The van der Waals surface area contributed by atoms with Crippen molar-refractivity contribution in [2.75, 3.05) is 32.7 Å². The van der Waals surface area contributed by atoms with Gasteiger partial charge in [0.05, 0.1) is 5.56 Å². The van der Waals surface area contributed by atoms with Crippen LogP contribution in [0.1, 0.15) is 32.1 Å². The number of amides is 2. The Labute approximate surface area is 160 Å². The van der Waals surface area contributed by atoms with Crippen molar-refractivity contribution < 1.29 is 14.0 Å². The Balaban J connectivity index is 1.42. The number of aromatic nitrogens is 2. The molecule has 3 heterocycles. The highest BCUT2D eigenvalue weighted by Gasteiger charge is 2.30. The van der Waals surface area contributed by atoms with Gasteiger partial charge in [0.1, 0.15) is 5.82 Å². The number of hydrogen-bond acceptors (Lipinski definition) is 4.